The summed E-state index contributed by atoms with van der Waals surface area (Å²) < 4.78 is 2.27. The number of carbonyl (C=O) groups excluding carboxylic acids is 2. The van der Waals surface area contributed by atoms with Gasteiger partial charge in [0.2, 0.25) is 5.91 Å². The highest BCUT2D eigenvalue weighted by Crippen LogP contribution is 2.27. The quantitative estimate of drug-likeness (QED) is 0.177. The van der Waals surface area contributed by atoms with Gasteiger partial charge in [0, 0.05) is 34.0 Å². The van der Waals surface area contributed by atoms with Crippen molar-refractivity contribution in [3.63, 3.8) is 0 Å². The van der Waals surface area contributed by atoms with Gasteiger partial charge in [-0.05, 0) is 35.9 Å². The van der Waals surface area contributed by atoms with Crippen molar-refractivity contribution < 1.29 is 9.59 Å². The number of thiophene rings is 1. The van der Waals surface area contributed by atoms with Crippen LogP contribution in [0.25, 0.3) is 10.1 Å². The second-order valence-corrected chi connectivity index (χ2v) is 11.1. The highest BCUT2D eigenvalue weighted by atomic mass is 32.2. The fourth-order valence-electron chi connectivity index (χ4n) is 4.29. The van der Waals surface area contributed by atoms with E-state index in [-0.39, 0.29) is 29.6 Å². The van der Waals surface area contributed by atoms with Crippen LogP contribution in [-0.2, 0) is 29.0 Å². The lowest BCUT2D eigenvalue weighted by Crippen LogP contribution is -2.37. The largest absolute Gasteiger partial charge is 0.384 e. The monoisotopic (exact) mass is 560 g/mol. The van der Waals surface area contributed by atoms with E-state index in [4.69, 9.17) is 16.6 Å². The van der Waals surface area contributed by atoms with Crippen LogP contribution < -0.4 is 21.9 Å². The van der Waals surface area contributed by atoms with Crippen LogP contribution in [-0.4, -0.2) is 36.4 Å². The van der Waals surface area contributed by atoms with Crippen LogP contribution >= 0.6 is 23.1 Å². The Morgan fingerprint density at radius 1 is 1.15 bits per heavy atom. The first-order chi connectivity index (χ1) is 18.8. The highest BCUT2D eigenvalue weighted by Gasteiger charge is 2.31. The minimum atomic E-state index is -0.823. The lowest BCUT2D eigenvalue weighted by Gasteiger charge is -2.15. The molecule has 5 rings (SSSR count). The molecule has 0 radical (unpaired) electrons. The van der Waals surface area contributed by atoms with Crippen LogP contribution in [0.1, 0.15) is 28.7 Å². The number of fused-ring (bicyclic) bond motifs is 2. The summed E-state index contributed by atoms with van der Waals surface area (Å²) in [6.07, 6.45) is 4.06. The van der Waals surface area contributed by atoms with E-state index in [0.29, 0.717) is 36.2 Å². The van der Waals surface area contributed by atoms with Crippen molar-refractivity contribution in [3.05, 3.63) is 81.5 Å². The Balaban J connectivity index is 1.23. The number of pyridine rings is 1. The Hall–Kier alpha value is -4.36. The third-order valence-corrected chi connectivity index (χ3v) is 8.00. The van der Waals surface area contributed by atoms with E-state index in [1.165, 1.54) is 22.1 Å². The van der Waals surface area contributed by atoms with Crippen LogP contribution in [0.3, 0.4) is 0 Å². The molecule has 0 fully saturated rings. The normalized spacial score (nSPS) is 14.1. The third kappa shape index (κ3) is 5.89. The van der Waals surface area contributed by atoms with E-state index in [2.05, 4.69) is 20.6 Å². The summed E-state index contributed by atoms with van der Waals surface area (Å²) in [7, 11) is 0. The van der Waals surface area contributed by atoms with Gasteiger partial charge in [0.05, 0.1) is 17.8 Å². The number of hydrogen-bond acceptors (Lipinski definition) is 10. The van der Waals surface area contributed by atoms with E-state index in [0.717, 1.165) is 20.5 Å². The van der Waals surface area contributed by atoms with Crippen molar-refractivity contribution in [1.82, 2.24) is 19.9 Å². The number of aromatic nitrogens is 3. The van der Waals surface area contributed by atoms with Gasteiger partial charge in [0.15, 0.2) is 5.04 Å². The molecule has 1 aromatic carbocycles. The number of benzene rings is 1. The number of thioether (sulfide) groups is 1. The summed E-state index contributed by atoms with van der Waals surface area (Å²) in [6.45, 7) is 0.284. The molecule has 1 unspecified atom stereocenters. The average Bonchev–Trinajstić information content (AvgIpc) is 3.53. The van der Waals surface area contributed by atoms with Gasteiger partial charge in [-0.2, -0.15) is 0 Å². The molecule has 3 aromatic heterocycles. The molecule has 1 atom stereocenters. The maximum absolute atomic E-state index is 13.2. The Morgan fingerprint density at radius 3 is 2.74 bits per heavy atom. The van der Waals surface area contributed by atoms with Gasteiger partial charge in [-0.15, -0.1) is 11.3 Å². The van der Waals surface area contributed by atoms with Gasteiger partial charge in [-0.25, -0.2) is 9.97 Å². The first-order valence-electron chi connectivity index (χ1n) is 12.0. The van der Waals surface area contributed by atoms with Crippen LogP contribution in [0.4, 0.5) is 11.5 Å². The number of nitrogens with one attached hydrogen (secondary N) is 4. The number of carbonyl (C=O) groups is 2. The number of nitrogens with two attached hydrogens (primary N) is 1. The van der Waals surface area contributed by atoms with Gasteiger partial charge >= 0.3 is 0 Å². The van der Waals surface area contributed by atoms with E-state index in [9.17, 15) is 14.4 Å². The van der Waals surface area contributed by atoms with Gasteiger partial charge in [-0.3, -0.25) is 29.8 Å². The molecule has 0 saturated carbocycles. The Kier molecular flexibility index (Phi) is 7.52. The molecule has 6 N–H and O–H groups in total. The molecule has 1 aliphatic heterocycles. The molecule has 2 amide bonds. The minimum absolute atomic E-state index is 0.125. The Morgan fingerprint density at radius 2 is 1.95 bits per heavy atom. The molecule has 4 heterocycles. The third-order valence-electron chi connectivity index (χ3n) is 6.12. The maximum Gasteiger partial charge on any atom is 0.280 e. The number of anilines is 2. The zero-order chi connectivity index (χ0) is 27.5. The van der Waals surface area contributed by atoms with Crippen molar-refractivity contribution in [1.29, 1.82) is 10.8 Å². The molecule has 198 valence electrons. The first-order valence-corrected chi connectivity index (χ1v) is 13.6. The van der Waals surface area contributed by atoms with E-state index >= 15 is 0 Å². The van der Waals surface area contributed by atoms with E-state index in [1.807, 2.05) is 36.4 Å². The van der Waals surface area contributed by atoms with Crippen molar-refractivity contribution in [2.45, 2.75) is 31.8 Å². The molecule has 0 bridgehead atoms. The molecule has 13 heteroatoms. The summed E-state index contributed by atoms with van der Waals surface area (Å²) in [5.74, 6) is -0.267. The van der Waals surface area contributed by atoms with Crippen LogP contribution in [0.2, 0.25) is 0 Å². The molecular formula is C26H24N8O3S2. The number of amides is 2. The minimum Gasteiger partial charge on any atom is -0.384 e. The number of nitrogens with zero attached hydrogens (tertiary/aromatic N) is 3. The lowest BCUT2D eigenvalue weighted by molar-refractivity contribution is -0.124. The van der Waals surface area contributed by atoms with Crippen molar-refractivity contribution >= 4 is 66.6 Å². The zero-order valence-electron chi connectivity index (χ0n) is 20.6. The molecule has 0 spiro atoms. The first kappa shape index (κ1) is 26.3. The molecule has 1 aliphatic rings. The SMILES string of the molecule is N=C(Cc1ccccc1)SC(=N)C(=O)Nc1cnc2n(c1=O)C(C(=O)NCc1cc3cnc(N)cc3s1)CC2. The van der Waals surface area contributed by atoms with Gasteiger partial charge < -0.3 is 16.4 Å². The van der Waals surface area contributed by atoms with Gasteiger partial charge in [0.1, 0.15) is 23.4 Å². The van der Waals surface area contributed by atoms with Gasteiger partial charge in [0.25, 0.3) is 11.5 Å². The zero-order valence-corrected chi connectivity index (χ0v) is 22.2. The molecule has 11 nitrogen and oxygen atoms in total. The number of nitrogen functional groups attached to an aromatic ring is 1. The molecular weight excluding hydrogens is 536 g/mol. The van der Waals surface area contributed by atoms with Crippen LogP contribution in [0.5, 0.6) is 0 Å². The number of hydrogen-bond donors (Lipinski definition) is 5. The predicted molar refractivity (Wildman–Crippen MR) is 154 cm³/mol. The number of aryl methyl sites for hydroxylation is 1. The van der Waals surface area contributed by atoms with Crippen molar-refractivity contribution in [2.75, 3.05) is 11.1 Å². The maximum atomic E-state index is 13.2. The second-order valence-electron chi connectivity index (χ2n) is 8.87. The summed E-state index contributed by atoms with van der Waals surface area (Å²) in [5.41, 5.74) is 5.95. The smallest absolute Gasteiger partial charge is 0.280 e. The Labute approximate surface area is 230 Å². The second kappa shape index (κ2) is 11.2. The van der Waals surface area contributed by atoms with Crippen molar-refractivity contribution in [2.24, 2.45) is 0 Å². The molecule has 4 aromatic rings. The predicted octanol–water partition coefficient (Wildman–Crippen LogP) is 3.11. The summed E-state index contributed by atoms with van der Waals surface area (Å²) >= 11 is 2.22. The topological polar surface area (TPSA) is 180 Å². The average molecular weight is 561 g/mol. The number of rotatable bonds is 6. The fourth-order valence-corrected chi connectivity index (χ4v) is 5.94. The fraction of sp³-hybridized carbons (Fsp3) is 0.192. The standard InChI is InChI=1S/C26H24N8O3S2/c27-20-10-19-15(11-30-20)9-16(38-19)12-32-24(35)18-6-7-22-31-13-17(26(37)34(18)22)33-25(36)23(29)39-21(28)8-14-4-2-1-3-5-14/h1-5,9-11,13,18,28-29H,6-8,12H2,(H2,27,30)(H,32,35)(H,33,36). The lowest BCUT2D eigenvalue weighted by atomic mass is 10.2. The summed E-state index contributed by atoms with van der Waals surface area (Å²) in [5, 5.41) is 22.1. The Bertz CT molecular complexity index is 1660. The summed E-state index contributed by atoms with van der Waals surface area (Å²) in [4.78, 5) is 48.1. The van der Waals surface area contributed by atoms with Crippen molar-refractivity contribution in [3.8, 4) is 0 Å². The molecule has 0 aliphatic carbocycles. The van der Waals surface area contributed by atoms with E-state index < -0.39 is 22.6 Å². The van der Waals surface area contributed by atoms with E-state index in [1.54, 1.807) is 12.3 Å². The highest BCUT2D eigenvalue weighted by molar-refractivity contribution is 8.27. The van der Waals surface area contributed by atoms with Crippen LogP contribution in [0, 0.1) is 10.8 Å². The molecule has 39 heavy (non-hydrogen) atoms. The summed E-state index contributed by atoms with van der Waals surface area (Å²) in [6, 6.07) is 12.2. The van der Waals surface area contributed by atoms with Crippen LogP contribution in [0.15, 0.2) is 59.7 Å². The van der Waals surface area contributed by atoms with Gasteiger partial charge in [-0.1, -0.05) is 30.3 Å². The molecule has 0 saturated heterocycles.